The predicted molar refractivity (Wildman–Crippen MR) is 76.7 cm³/mol. The van der Waals surface area contributed by atoms with Crippen LogP contribution in [0.15, 0.2) is 36.4 Å². The van der Waals surface area contributed by atoms with Crippen LogP contribution >= 0.6 is 0 Å². The molecule has 2 rings (SSSR count). The molecule has 2 aromatic rings. The van der Waals surface area contributed by atoms with Crippen LogP contribution in [-0.2, 0) is 0 Å². The van der Waals surface area contributed by atoms with Crippen LogP contribution in [0.1, 0.15) is 15.9 Å². The van der Waals surface area contributed by atoms with Crippen LogP contribution in [0.3, 0.4) is 0 Å². The van der Waals surface area contributed by atoms with E-state index in [9.17, 15) is 4.79 Å². The van der Waals surface area contributed by atoms with Crippen LogP contribution in [-0.4, -0.2) is 25.3 Å². The van der Waals surface area contributed by atoms with Crippen molar-refractivity contribution in [2.75, 3.05) is 14.2 Å². The van der Waals surface area contributed by atoms with Crippen LogP contribution in [0, 0.1) is 11.3 Å². The molecule has 5 nitrogen and oxygen atoms in total. The van der Waals surface area contributed by atoms with Gasteiger partial charge in [-0.25, -0.2) is 4.79 Å². The fraction of sp³-hybridized carbons (Fsp3) is 0.125. The minimum atomic E-state index is -1.06. The van der Waals surface area contributed by atoms with Gasteiger partial charge in [0.25, 0.3) is 0 Å². The minimum absolute atomic E-state index is 0.0843. The van der Waals surface area contributed by atoms with E-state index in [0.717, 1.165) is 5.56 Å². The van der Waals surface area contributed by atoms with Crippen LogP contribution < -0.4 is 9.47 Å². The lowest BCUT2D eigenvalue weighted by Gasteiger charge is -2.14. The Balaban J connectivity index is 2.65. The predicted octanol–water partition coefficient (Wildman–Crippen LogP) is 2.94. The summed E-state index contributed by atoms with van der Waals surface area (Å²) in [5.74, 6) is -0.258. The van der Waals surface area contributed by atoms with Gasteiger partial charge in [0.05, 0.1) is 37.0 Å². The van der Waals surface area contributed by atoms with Gasteiger partial charge in [-0.2, -0.15) is 5.26 Å². The number of carboxylic acids is 1. The molecule has 21 heavy (non-hydrogen) atoms. The SMILES string of the molecule is COc1cc(C(=O)O)cc(OC)c1-c1ccc(C#N)cc1. The highest BCUT2D eigenvalue weighted by atomic mass is 16.5. The summed E-state index contributed by atoms with van der Waals surface area (Å²) in [6.07, 6.45) is 0. The normalized spacial score (nSPS) is 9.76. The van der Waals surface area contributed by atoms with Crippen LogP contribution in [0.25, 0.3) is 11.1 Å². The van der Waals surface area contributed by atoms with E-state index in [0.29, 0.717) is 22.6 Å². The van der Waals surface area contributed by atoms with Gasteiger partial charge >= 0.3 is 5.97 Å². The second kappa shape index (κ2) is 5.97. The van der Waals surface area contributed by atoms with E-state index in [1.807, 2.05) is 6.07 Å². The van der Waals surface area contributed by atoms with Gasteiger partial charge in [-0.1, -0.05) is 12.1 Å². The molecule has 0 aliphatic heterocycles. The monoisotopic (exact) mass is 283 g/mol. The number of carboxylic acid groups (broad SMARTS) is 1. The third-order valence-corrected chi connectivity index (χ3v) is 3.06. The van der Waals surface area contributed by atoms with Crippen molar-refractivity contribution in [3.8, 4) is 28.7 Å². The molecule has 0 heterocycles. The average Bonchev–Trinajstić information content (AvgIpc) is 2.53. The summed E-state index contributed by atoms with van der Waals surface area (Å²) in [7, 11) is 2.93. The van der Waals surface area contributed by atoms with Gasteiger partial charge in [-0.3, -0.25) is 0 Å². The molecule has 0 aromatic heterocycles. The summed E-state index contributed by atoms with van der Waals surface area (Å²) in [5, 5.41) is 17.9. The lowest BCUT2D eigenvalue weighted by atomic mass is 10.00. The Morgan fingerprint density at radius 1 is 1.10 bits per heavy atom. The maximum atomic E-state index is 11.1. The Morgan fingerprint density at radius 3 is 2.00 bits per heavy atom. The molecule has 0 saturated heterocycles. The standard InChI is InChI=1S/C16H13NO4/c1-20-13-7-12(16(18)19)8-14(21-2)15(13)11-5-3-10(9-17)4-6-11/h3-8H,1-2H3,(H,18,19). The van der Waals surface area contributed by atoms with Crippen molar-refractivity contribution < 1.29 is 19.4 Å². The van der Waals surface area contributed by atoms with Gasteiger partial charge in [0, 0.05) is 0 Å². The Morgan fingerprint density at radius 2 is 1.62 bits per heavy atom. The van der Waals surface area contributed by atoms with Gasteiger partial charge in [0.1, 0.15) is 11.5 Å². The maximum Gasteiger partial charge on any atom is 0.335 e. The molecule has 0 aliphatic rings. The van der Waals surface area contributed by atoms with E-state index < -0.39 is 5.97 Å². The summed E-state index contributed by atoms with van der Waals surface area (Å²) in [6, 6.07) is 11.8. The molecule has 0 spiro atoms. The number of ether oxygens (including phenoxy) is 2. The first-order chi connectivity index (χ1) is 10.1. The number of benzene rings is 2. The van der Waals surface area contributed by atoms with Crippen LogP contribution in [0.4, 0.5) is 0 Å². The summed E-state index contributed by atoms with van der Waals surface area (Å²) < 4.78 is 10.6. The molecule has 0 saturated carbocycles. The number of aromatic carboxylic acids is 1. The number of rotatable bonds is 4. The number of nitrogens with zero attached hydrogens (tertiary/aromatic N) is 1. The molecule has 0 fully saturated rings. The summed E-state index contributed by atoms with van der Waals surface area (Å²) in [6.45, 7) is 0. The van der Waals surface area contributed by atoms with E-state index in [1.165, 1.54) is 26.4 Å². The van der Waals surface area contributed by atoms with E-state index in [-0.39, 0.29) is 5.56 Å². The van der Waals surface area contributed by atoms with E-state index in [1.54, 1.807) is 24.3 Å². The molecule has 2 aromatic carbocycles. The molecule has 106 valence electrons. The minimum Gasteiger partial charge on any atom is -0.496 e. The molecule has 0 aliphatic carbocycles. The summed E-state index contributed by atoms with van der Waals surface area (Å²) in [5.41, 5.74) is 2.05. The van der Waals surface area contributed by atoms with Crippen molar-refractivity contribution in [3.63, 3.8) is 0 Å². The molecular weight excluding hydrogens is 270 g/mol. The number of methoxy groups -OCH3 is 2. The van der Waals surface area contributed by atoms with Gasteiger partial charge in [0.2, 0.25) is 0 Å². The fourth-order valence-electron chi connectivity index (χ4n) is 2.03. The fourth-order valence-corrected chi connectivity index (χ4v) is 2.03. The third kappa shape index (κ3) is 2.79. The Labute approximate surface area is 122 Å². The Hall–Kier alpha value is -3.00. The molecule has 0 amide bonds. The van der Waals surface area contributed by atoms with Gasteiger partial charge < -0.3 is 14.6 Å². The van der Waals surface area contributed by atoms with Crippen molar-refractivity contribution in [3.05, 3.63) is 47.5 Å². The first-order valence-electron chi connectivity index (χ1n) is 6.10. The van der Waals surface area contributed by atoms with E-state index >= 15 is 0 Å². The molecule has 0 radical (unpaired) electrons. The molecule has 0 bridgehead atoms. The summed E-state index contributed by atoms with van der Waals surface area (Å²) >= 11 is 0. The Bertz CT molecular complexity index is 689. The van der Waals surface area contributed by atoms with Crippen LogP contribution in [0.2, 0.25) is 0 Å². The molecule has 5 heteroatoms. The third-order valence-electron chi connectivity index (χ3n) is 3.06. The Kier molecular flexibility index (Phi) is 4.10. The van der Waals surface area contributed by atoms with Gasteiger partial charge in [-0.05, 0) is 29.8 Å². The first-order valence-corrected chi connectivity index (χ1v) is 6.10. The number of nitriles is 1. The lowest BCUT2D eigenvalue weighted by Crippen LogP contribution is -2.01. The lowest BCUT2D eigenvalue weighted by molar-refractivity contribution is 0.0696. The van der Waals surface area contributed by atoms with Crippen molar-refractivity contribution >= 4 is 5.97 Å². The topological polar surface area (TPSA) is 79.6 Å². The molecule has 0 atom stereocenters. The molecule has 0 unspecified atom stereocenters. The zero-order valence-electron chi connectivity index (χ0n) is 11.6. The van der Waals surface area contributed by atoms with Crippen LogP contribution in [0.5, 0.6) is 11.5 Å². The van der Waals surface area contributed by atoms with Crippen molar-refractivity contribution in [1.82, 2.24) is 0 Å². The smallest absolute Gasteiger partial charge is 0.335 e. The largest absolute Gasteiger partial charge is 0.496 e. The first kappa shape index (κ1) is 14.4. The highest BCUT2D eigenvalue weighted by molar-refractivity contribution is 5.91. The van der Waals surface area contributed by atoms with Gasteiger partial charge in [0.15, 0.2) is 0 Å². The van der Waals surface area contributed by atoms with E-state index in [2.05, 4.69) is 0 Å². The van der Waals surface area contributed by atoms with Gasteiger partial charge in [-0.15, -0.1) is 0 Å². The highest BCUT2D eigenvalue weighted by Crippen LogP contribution is 2.39. The van der Waals surface area contributed by atoms with Crippen molar-refractivity contribution in [2.24, 2.45) is 0 Å². The maximum absolute atomic E-state index is 11.1. The molecular formula is C16H13NO4. The molecule has 1 N–H and O–H groups in total. The van der Waals surface area contributed by atoms with Crippen molar-refractivity contribution in [1.29, 1.82) is 5.26 Å². The number of hydrogen-bond acceptors (Lipinski definition) is 4. The summed E-state index contributed by atoms with van der Waals surface area (Å²) in [4.78, 5) is 11.1. The zero-order valence-corrected chi connectivity index (χ0v) is 11.6. The zero-order chi connectivity index (χ0) is 15.4. The quantitative estimate of drug-likeness (QED) is 0.933. The number of carbonyl (C=O) groups is 1. The van der Waals surface area contributed by atoms with E-state index in [4.69, 9.17) is 19.8 Å². The second-order valence-corrected chi connectivity index (χ2v) is 4.25. The highest BCUT2D eigenvalue weighted by Gasteiger charge is 2.17. The number of hydrogen-bond donors (Lipinski definition) is 1. The second-order valence-electron chi connectivity index (χ2n) is 4.25. The average molecular weight is 283 g/mol. The van der Waals surface area contributed by atoms with Crippen molar-refractivity contribution in [2.45, 2.75) is 0 Å².